The van der Waals surface area contributed by atoms with Crippen LogP contribution in [0.5, 0.6) is 5.75 Å². The number of hydrogen-bond acceptors (Lipinski definition) is 4. The second kappa shape index (κ2) is 8.57. The number of ether oxygens (including phenoxy) is 1. The van der Waals surface area contributed by atoms with Crippen LogP contribution in [-0.2, 0) is 16.0 Å². The first kappa shape index (κ1) is 18.1. The molecule has 0 unspecified atom stereocenters. The molecule has 2 N–H and O–H groups in total. The van der Waals surface area contributed by atoms with E-state index >= 15 is 0 Å². The van der Waals surface area contributed by atoms with Crippen LogP contribution in [0.3, 0.4) is 0 Å². The van der Waals surface area contributed by atoms with Crippen LogP contribution < -0.4 is 5.32 Å². The van der Waals surface area contributed by atoms with Gasteiger partial charge in [0.1, 0.15) is 11.3 Å². The Kier molecular flexibility index (Phi) is 6.46. The van der Waals surface area contributed by atoms with Gasteiger partial charge in [0.25, 0.3) is 5.91 Å². The monoisotopic (exact) mass is 367 g/mol. The van der Waals surface area contributed by atoms with Crippen molar-refractivity contribution in [1.82, 2.24) is 5.32 Å². The number of benzene rings is 2. The molecule has 0 fully saturated rings. The zero-order valence-electron chi connectivity index (χ0n) is 12.6. The number of carbonyl (C=O) groups is 2. The van der Waals surface area contributed by atoms with E-state index in [1.165, 1.54) is 18.2 Å². The van der Waals surface area contributed by atoms with E-state index in [4.69, 9.17) is 27.9 Å². The smallest absolute Gasteiger partial charge is 0.342 e. The standard InChI is InChI=1S/C17H15Cl2NO4/c18-12-3-1-2-11(8-12)6-7-20-16(22)10-24-17(23)14-9-13(19)4-5-15(14)21/h1-5,8-9,21H,6-7,10H2,(H,20,22). The number of aromatic hydroxyl groups is 1. The van der Waals surface area contributed by atoms with E-state index in [0.717, 1.165) is 5.56 Å². The predicted octanol–water partition coefficient (Wildman–Crippen LogP) is 3.21. The van der Waals surface area contributed by atoms with Gasteiger partial charge in [-0.05, 0) is 42.3 Å². The van der Waals surface area contributed by atoms with E-state index in [2.05, 4.69) is 5.32 Å². The van der Waals surface area contributed by atoms with Crippen molar-refractivity contribution in [2.45, 2.75) is 6.42 Å². The third kappa shape index (κ3) is 5.44. The molecule has 0 saturated carbocycles. The highest BCUT2D eigenvalue weighted by Crippen LogP contribution is 2.22. The summed E-state index contributed by atoms with van der Waals surface area (Å²) in [6, 6.07) is 11.3. The highest BCUT2D eigenvalue weighted by Gasteiger charge is 2.14. The van der Waals surface area contributed by atoms with Crippen LogP contribution in [0.15, 0.2) is 42.5 Å². The molecule has 0 radical (unpaired) electrons. The number of rotatable bonds is 6. The number of hydrogen-bond donors (Lipinski definition) is 2. The van der Waals surface area contributed by atoms with Gasteiger partial charge in [-0.3, -0.25) is 4.79 Å². The fourth-order valence-corrected chi connectivity index (χ4v) is 2.36. The molecule has 0 spiro atoms. The van der Waals surface area contributed by atoms with Gasteiger partial charge in [-0.2, -0.15) is 0 Å². The highest BCUT2D eigenvalue weighted by molar-refractivity contribution is 6.31. The molecular formula is C17H15Cl2NO4. The Hall–Kier alpha value is -2.24. The van der Waals surface area contributed by atoms with Crippen LogP contribution in [-0.4, -0.2) is 30.1 Å². The third-order valence-corrected chi connectivity index (χ3v) is 3.61. The van der Waals surface area contributed by atoms with Gasteiger partial charge in [0.05, 0.1) is 0 Å². The molecule has 0 bridgehead atoms. The molecule has 0 aliphatic rings. The fraction of sp³-hybridized carbons (Fsp3) is 0.176. The van der Waals surface area contributed by atoms with Gasteiger partial charge < -0.3 is 15.2 Å². The topological polar surface area (TPSA) is 75.6 Å². The average molecular weight is 368 g/mol. The maximum absolute atomic E-state index is 11.8. The summed E-state index contributed by atoms with van der Waals surface area (Å²) in [5, 5.41) is 13.1. The zero-order chi connectivity index (χ0) is 17.5. The van der Waals surface area contributed by atoms with Crippen LogP contribution in [0.2, 0.25) is 10.0 Å². The fourth-order valence-electron chi connectivity index (χ4n) is 1.97. The van der Waals surface area contributed by atoms with Gasteiger partial charge in [0.2, 0.25) is 0 Å². The minimum atomic E-state index is -0.819. The Morgan fingerprint density at radius 1 is 1.08 bits per heavy atom. The van der Waals surface area contributed by atoms with Crippen molar-refractivity contribution in [2.75, 3.05) is 13.2 Å². The molecule has 2 rings (SSSR count). The first-order valence-corrected chi connectivity index (χ1v) is 7.88. The molecule has 0 atom stereocenters. The van der Waals surface area contributed by atoms with Gasteiger partial charge in [0, 0.05) is 16.6 Å². The maximum atomic E-state index is 11.8. The van der Waals surface area contributed by atoms with Crippen LogP contribution >= 0.6 is 23.2 Å². The van der Waals surface area contributed by atoms with Crippen molar-refractivity contribution in [1.29, 1.82) is 0 Å². The quantitative estimate of drug-likeness (QED) is 0.768. The molecular weight excluding hydrogens is 353 g/mol. The number of halogens is 2. The second-order valence-corrected chi connectivity index (χ2v) is 5.84. The minimum Gasteiger partial charge on any atom is -0.507 e. The lowest BCUT2D eigenvalue weighted by molar-refractivity contribution is -0.124. The second-order valence-electron chi connectivity index (χ2n) is 4.97. The summed E-state index contributed by atoms with van der Waals surface area (Å²) in [7, 11) is 0. The molecule has 0 aromatic heterocycles. The van der Waals surface area contributed by atoms with Crippen LogP contribution in [0.25, 0.3) is 0 Å². The van der Waals surface area contributed by atoms with E-state index in [-0.39, 0.29) is 16.3 Å². The average Bonchev–Trinajstić information content (AvgIpc) is 2.55. The van der Waals surface area contributed by atoms with Crippen LogP contribution in [0.1, 0.15) is 15.9 Å². The summed E-state index contributed by atoms with van der Waals surface area (Å²) in [5.74, 6) is -1.52. The van der Waals surface area contributed by atoms with Crippen molar-refractivity contribution in [3.05, 3.63) is 63.6 Å². The molecule has 0 aliphatic heterocycles. The number of phenolic OH excluding ortho intramolecular Hbond substituents is 1. The minimum absolute atomic E-state index is 0.0887. The number of carbonyl (C=O) groups excluding carboxylic acids is 2. The molecule has 126 valence electrons. The largest absolute Gasteiger partial charge is 0.507 e. The molecule has 0 heterocycles. The normalized spacial score (nSPS) is 10.2. The van der Waals surface area contributed by atoms with E-state index in [0.29, 0.717) is 18.0 Å². The molecule has 0 saturated heterocycles. The van der Waals surface area contributed by atoms with Crippen molar-refractivity contribution in [3.8, 4) is 5.75 Å². The molecule has 7 heteroatoms. The predicted molar refractivity (Wildman–Crippen MR) is 91.6 cm³/mol. The lowest BCUT2D eigenvalue weighted by atomic mass is 10.1. The first-order chi connectivity index (χ1) is 11.5. The summed E-state index contributed by atoms with van der Waals surface area (Å²) >= 11 is 11.6. The van der Waals surface area contributed by atoms with Crippen molar-refractivity contribution in [3.63, 3.8) is 0 Å². The highest BCUT2D eigenvalue weighted by atomic mass is 35.5. The number of amides is 1. The Morgan fingerprint density at radius 3 is 2.58 bits per heavy atom. The van der Waals surface area contributed by atoms with E-state index in [1.54, 1.807) is 6.07 Å². The molecule has 2 aromatic rings. The zero-order valence-corrected chi connectivity index (χ0v) is 14.1. The van der Waals surface area contributed by atoms with E-state index < -0.39 is 18.5 Å². The maximum Gasteiger partial charge on any atom is 0.342 e. The Bertz CT molecular complexity index is 749. The van der Waals surface area contributed by atoms with E-state index in [1.807, 2.05) is 18.2 Å². The summed E-state index contributed by atoms with van der Waals surface area (Å²) in [4.78, 5) is 23.5. The SMILES string of the molecule is O=C(COC(=O)c1cc(Cl)ccc1O)NCCc1cccc(Cl)c1. The van der Waals surface area contributed by atoms with Gasteiger partial charge >= 0.3 is 5.97 Å². The lowest BCUT2D eigenvalue weighted by Crippen LogP contribution is -2.30. The van der Waals surface area contributed by atoms with Gasteiger partial charge in [0.15, 0.2) is 6.61 Å². The van der Waals surface area contributed by atoms with Gasteiger partial charge in [-0.1, -0.05) is 35.3 Å². The van der Waals surface area contributed by atoms with Gasteiger partial charge in [-0.15, -0.1) is 0 Å². The third-order valence-electron chi connectivity index (χ3n) is 3.14. The summed E-state index contributed by atoms with van der Waals surface area (Å²) in [6.45, 7) is -0.0561. The molecule has 5 nitrogen and oxygen atoms in total. The van der Waals surface area contributed by atoms with Crippen molar-refractivity contribution < 1.29 is 19.4 Å². The lowest BCUT2D eigenvalue weighted by Gasteiger charge is -2.08. The Morgan fingerprint density at radius 2 is 1.83 bits per heavy atom. The molecule has 0 aliphatic carbocycles. The van der Waals surface area contributed by atoms with Crippen molar-refractivity contribution >= 4 is 35.1 Å². The van der Waals surface area contributed by atoms with Crippen molar-refractivity contribution in [2.24, 2.45) is 0 Å². The number of nitrogens with one attached hydrogen (secondary N) is 1. The van der Waals surface area contributed by atoms with Gasteiger partial charge in [-0.25, -0.2) is 4.79 Å². The summed E-state index contributed by atoms with van der Waals surface area (Å²) in [5.41, 5.74) is 0.901. The summed E-state index contributed by atoms with van der Waals surface area (Å²) < 4.78 is 4.86. The first-order valence-electron chi connectivity index (χ1n) is 7.12. The number of phenols is 1. The van der Waals surface area contributed by atoms with E-state index in [9.17, 15) is 14.7 Å². The Labute approximate surface area is 149 Å². The Balaban J connectivity index is 1.76. The molecule has 1 amide bonds. The molecule has 24 heavy (non-hydrogen) atoms. The van der Waals surface area contributed by atoms with Crippen LogP contribution in [0, 0.1) is 0 Å². The summed E-state index contributed by atoms with van der Waals surface area (Å²) in [6.07, 6.45) is 0.606. The number of esters is 1. The van der Waals surface area contributed by atoms with Crippen LogP contribution in [0.4, 0.5) is 0 Å². The molecule has 2 aromatic carbocycles.